The van der Waals surface area contributed by atoms with Crippen LogP contribution >= 0.6 is 11.6 Å². The molecule has 164 valence electrons. The summed E-state index contributed by atoms with van der Waals surface area (Å²) >= 11 is 5.96. The lowest BCUT2D eigenvalue weighted by Crippen LogP contribution is -2.75. The summed E-state index contributed by atoms with van der Waals surface area (Å²) in [5.41, 5.74) is 0.389. The van der Waals surface area contributed by atoms with Gasteiger partial charge in [-0.05, 0) is 19.2 Å². The number of para-hydroxylation sites is 1. The number of nitrogens with zero attached hydrogens (tertiary/aromatic N) is 3. The van der Waals surface area contributed by atoms with Crippen molar-refractivity contribution in [3.63, 3.8) is 0 Å². The molecule has 2 unspecified atom stereocenters. The number of halogens is 4. The third-order valence-electron chi connectivity index (χ3n) is 5.50. The fourth-order valence-corrected chi connectivity index (χ4v) is 4.23. The molecule has 12 heteroatoms. The van der Waals surface area contributed by atoms with Crippen molar-refractivity contribution in [3.8, 4) is 5.75 Å². The van der Waals surface area contributed by atoms with Crippen LogP contribution in [0.4, 0.5) is 30.2 Å². The van der Waals surface area contributed by atoms with E-state index in [9.17, 15) is 33.3 Å². The number of carbonyl (C=O) groups is 1. The van der Waals surface area contributed by atoms with Gasteiger partial charge in [0.15, 0.2) is 29.5 Å². The smallest absolute Gasteiger partial charge is 0.387 e. The number of aliphatic imine (C=N–C) groups is 1. The normalized spacial score (nSPS) is 22.1. The quantitative estimate of drug-likeness (QED) is 0.349. The van der Waals surface area contributed by atoms with Gasteiger partial charge >= 0.3 is 12.7 Å². The van der Waals surface area contributed by atoms with Crippen LogP contribution < -0.4 is 9.22 Å². The third kappa shape index (κ3) is 3.21. The van der Waals surface area contributed by atoms with Crippen LogP contribution in [0.3, 0.4) is 0 Å². The molecule has 8 nitrogen and oxygen atoms in total. The first-order valence-corrected chi connectivity index (χ1v) is 9.29. The molecular weight excluding hydrogens is 443 g/mol. The number of alkyl halides is 2. The lowest BCUT2D eigenvalue weighted by Gasteiger charge is -2.50. The predicted molar refractivity (Wildman–Crippen MR) is 104 cm³/mol. The first-order chi connectivity index (χ1) is 14.5. The van der Waals surface area contributed by atoms with E-state index < -0.39 is 29.1 Å². The van der Waals surface area contributed by atoms with Gasteiger partial charge in [0.05, 0.1) is 10.6 Å². The number of carbonyl (C=O) groups excluding carboxylic acids is 1. The molecule has 2 aliphatic heterocycles. The van der Waals surface area contributed by atoms with Crippen molar-refractivity contribution in [1.29, 1.82) is 0 Å². The van der Waals surface area contributed by atoms with Crippen molar-refractivity contribution < 1.29 is 38.0 Å². The van der Waals surface area contributed by atoms with E-state index in [4.69, 9.17) is 11.6 Å². The largest absolute Gasteiger partial charge is 0.428 e. The molecule has 3 N–H and O–H groups in total. The second-order valence-electron chi connectivity index (χ2n) is 7.13. The fraction of sp³-hybridized carbons (Fsp3) is 0.263. The minimum atomic E-state index is -3.21. The number of hydrogen-bond acceptors (Lipinski definition) is 7. The monoisotopic (exact) mass is 458 g/mol. The van der Waals surface area contributed by atoms with E-state index in [0.717, 1.165) is 11.0 Å². The molecule has 1 fully saturated rings. The molecule has 0 amide bonds. The van der Waals surface area contributed by atoms with Crippen molar-refractivity contribution >= 4 is 40.8 Å². The highest BCUT2D eigenvalue weighted by Crippen LogP contribution is 2.57. The molecule has 2 aromatic carbocycles. The Morgan fingerprint density at radius 2 is 2.06 bits per heavy atom. The highest BCUT2D eigenvalue weighted by molar-refractivity contribution is 6.31. The van der Waals surface area contributed by atoms with E-state index in [1.807, 2.05) is 0 Å². The van der Waals surface area contributed by atoms with Crippen LogP contribution in [-0.4, -0.2) is 64.7 Å². The highest BCUT2D eigenvalue weighted by atomic mass is 35.5. The summed E-state index contributed by atoms with van der Waals surface area (Å²) in [6.07, 6.45) is -2.76. The zero-order chi connectivity index (χ0) is 22.7. The first-order valence-electron chi connectivity index (χ1n) is 8.91. The average molecular weight is 459 g/mol. The molecule has 0 aromatic heterocycles. The van der Waals surface area contributed by atoms with E-state index in [1.165, 1.54) is 31.3 Å². The van der Waals surface area contributed by atoms with Crippen molar-refractivity contribution in [2.75, 3.05) is 13.6 Å². The molecule has 2 aromatic rings. The zero-order valence-corrected chi connectivity index (χ0v) is 16.6. The van der Waals surface area contributed by atoms with Crippen molar-refractivity contribution in [1.82, 2.24) is 9.38 Å². The Labute approximate surface area is 178 Å². The molecule has 1 saturated heterocycles. The summed E-state index contributed by atoms with van der Waals surface area (Å²) in [5.74, 6) is -0.970. The summed E-state index contributed by atoms with van der Waals surface area (Å²) in [6.45, 7) is -3.28. The maximum absolute atomic E-state index is 14.1. The number of amidine groups is 1. The molecule has 0 radical (unpaired) electrons. The number of rotatable bonds is 6. The van der Waals surface area contributed by atoms with Gasteiger partial charge in [0.1, 0.15) is 18.0 Å². The van der Waals surface area contributed by atoms with Gasteiger partial charge in [0, 0.05) is 12.1 Å². The number of hydrogen-bond donors (Lipinski definition) is 3. The highest BCUT2D eigenvalue weighted by Gasteiger charge is 2.65. The minimum Gasteiger partial charge on any atom is -0.428 e. The Morgan fingerprint density at radius 1 is 1.35 bits per heavy atom. The van der Waals surface area contributed by atoms with Crippen molar-refractivity contribution in [2.45, 2.75) is 18.8 Å². The molecule has 2 aliphatic rings. The van der Waals surface area contributed by atoms with E-state index in [0.29, 0.717) is 6.29 Å². The van der Waals surface area contributed by atoms with Gasteiger partial charge in [0.2, 0.25) is 5.84 Å². The summed E-state index contributed by atoms with van der Waals surface area (Å²) in [4.78, 5) is 16.9. The second kappa shape index (κ2) is 7.26. The summed E-state index contributed by atoms with van der Waals surface area (Å²) in [6, 6.07) is 5.39. The number of aldehydes is 1. The van der Waals surface area contributed by atoms with Crippen LogP contribution in [0, 0.1) is 5.82 Å². The van der Waals surface area contributed by atoms with Crippen LogP contribution in [0.1, 0.15) is 10.4 Å². The Balaban J connectivity index is 1.98. The SMILES string of the molecule is CN(C1C[N+]2(c3c(C=O)cccc3OC(F)F)C1=Nc1cc(F)c(Cl)cc12)C(O)(O)O. The minimum absolute atomic E-state index is 0.00189. The number of fused-ring (bicyclic) bond motifs is 3. The first kappa shape index (κ1) is 21.7. The number of aliphatic hydroxyl groups is 3. The summed E-state index contributed by atoms with van der Waals surface area (Å²) < 4.78 is 44.5. The number of quaternary nitrogens is 1. The Kier molecular flexibility index (Phi) is 5.08. The van der Waals surface area contributed by atoms with Gasteiger partial charge in [-0.2, -0.15) is 13.8 Å². The standard InChI is InChI=1S/C19H16ClF3N3O5/c1-25(19(28,29)30)13-7-26(14-5-10(20)11(21)6-12(14)24-17(13)26)16-9(8-27)3-2-4-15(16)31-18(22)23/h2-6,8,13,18,28-30H,7H2,1H3/q+1. The summed E-state index contributed by atoms with van der Waals surface area (Å²) in [7, 11) is 1.19. The van der Waals surface area contributed by atoms with Crippen LogP contribution in [-0.2, 0) is 0 Å². The Morgan fingerprint density at radius 3 is 2.68 bits per heavy atom. The van der Waals surface area contributed by atoms with Gasteiger partial charge in [0.25, 0.3) is 0 Å². The molecule has 4 rings (SSSR count). The Hall–Kier alpha value is -2.54. The maximum atomic E-state index is 14.1. The van der Waals surface area contributed by atoms with E-state index in [-0.39, 0.29) is 45.8 Å². The molecule has 0 bridgehead atoms. The number of benzene rings is 2. The second-order valence-corrected chi connectivity index (χ2v) is 7.54. The molecule has 2 atom stereocenters. The van der Waals surface area contributed by atoms with Crippen molar-refractivity contribution in [3.05, 3.63) is 46.7 Å². The van der Waals surface area contributed by atoms with E-state index in [1.54, 1.807) is 0 Å². The molecule has 0 spiro atoms. The van der Waals surface area contributed by atoms with Crippen LogP contribution in [0.15, 0.2) is 35.3 Å². The van der Waals surface area contributed by atoms with Gasteiger partial charge < -0.3 is 20.1 Å². The van der Waals surface area contributed by atoms with Gasteiger partial charge in [-0.25, -0.2) is 13.8 Å². The molecule has 0 aliphatic carbocycles. The van der Waals surface area contributed by atoms with Crippen LogP contribution in [0.5, 0.6) is 5.75 Å². The van der Waals surface area contributed by atoms with E-state index >= 15 is 0 Å². The van der Waals surface area contributed by atoms with Gasteiger partial charge in [-0.1, -0.05) is 17.7 Å². The summed E-state index contributed by atoms with van der Waals surface area (Å²) in [5, 5.41) is 28.5. The molecule has 31 heavy (non-hydrogen) atoms. The van der Waals surface area contributed by atoms with E-state index in [2.05, 4.69) is 9.73 Å². The average Bonchev–Trinajstić information content (AvgIpc) is 2.89. The molecule has 2 heterocycles. The van der Waals surface area contributed by atoms with Crippen LogP contribution in [0.2, 0.25) is 5.02 Å². The zero-order valence-electron chi connectivity index (χ0n) is 15.8. The van der Waals surface area contributed by atoms with Crippen LogP contribution in [0.25, 0.3) is 0 Å². The van der Waals surface area contributed by atoms with Crippen molar-refractivity contribution in [2.24, 2.45) is 4.99 Å². The molecular formula is C19H16ClF3N3O5+. The lowest BCUT2D eigenvalue weighted by molar-refractivity contribution is -0.393. The predicted octanol–water partition coefficient (Wildman–Crippen LogP) is 2.48. The Bertz CT molecular complexity index is 1110. The number of likely N-dealkylation sites (N-methyl/N-ethyl adjacent to an activating group) is 1. The van der Waals surface area contributed by atoms with Gasteiger partial charge in [-0.15, -0.1) is 0 Å². The molecule has 0 saturated carbocycles. The lowest BCUT2D eigenvalue weighted by atomic mass is 9.94. The van der Waals surface area contributed by atoms with Gasteiger partial charge in [-0.3, -0.25) is 4.79 Å². The number of ether oxygens (including phenoxy) is 1. The fourth-order valence-electron chi connectivity index (χ4n) is 4.07. The topological polar surface area (TPSA) is 103 Å². The maximum Gasteiger partial charge on any atom is 0.387 e. The third-order valence-corrected chi connectivity index (χ3v) is 5.78.